The van der Waals surface area contributed by atoms with Crippen molar-refractivity contribution in [1.29, 1.82) is 0 Å². The van der Waals surface area contributed by atoms with E-state index in [4.69, 9.17) is 30.7 Å². The first-order valence-corrected chi connectivity index (χ1v) is 29.4. The van der Waals surface area contributed by atoms with Crippen molar-refractivity contribution in [2.75, 3.05) is 5.73 Å². The van der Waals surface area contributed by atoms with E-state index in [0.717, 1.165) is 151 Å². The Morgan fingerprint density at radius 2 is 0.753 bits per heavy atom. The van der Waals surface area contributed by atoms with Gasteiger partial charge >= 0.3 is 0 Å². The quantitative estimate of drug-likeness (QED) is 0.0881. The molecule has 1 aliphatic carbocycles. The molecule has 6 N–H and O–H groups in total. The molecule has 15 aromatic rings. The topological polar surface area (TPSA) is 153 Å². The predicted octanol–water partition coefficient (Wildman–Crippen LogP) is 17.9. The largest absolute Gasteiger partial charge is 0.396 e. The number of aromatic amines is 4. The maximum Gasteiger partial charge on any atom is 0.0995 e. The summed E-state index contributed by atoms with van der Waals surface area (Å²) in [6, 6.07) is 65.1. The van der Waals surface area contributed by atoms with Crippen molar-refractivity contribution in [2.24, 2.45) is 4.99 Å². The van der Waals surface area contributed by atoms with E-state index in [9.17, 15) is 0 Å². The number of para-hydroxylation sites is 4. The molecule has 10 nitrogen and oxygen atoms in total. The summed E-state index contributed by atoms with van der Waals surface area (Å²) in [5.74, 6) is -0.400. The number of pyridine rings is 4. The molecule has 3 unspecified atom stereocenters. The van der Waals surface area contributed by atoms with Crippen molar-refractivity contribution in [3.05, 3.63) is 249 Å². The van der Waals surface area contributed by atoms with E-state index in [1.165, 1.54) is 38.8 Å². The highest BCUT2D eigenvalue weighted by molar-refractivity contribution is 6.21. The number of aryl methyl sites for hydroxylation is 4. The molecule has 16 bridgehead atoms. The van der Waals surface area contributed by atoms with Gasteiger partial charge in [0.25, 0.3) is 0 Å². The zero-order valence-corrected chi connectivity index (χ0v) is 47.4. The second-order valence-corrected chi connectivity index (χ2v) is 23.6. The highest BCUT2D eigenvalue weighted by Crippen LogP contribution is 2.50. The van der Waals surface area contributed by atoms with Gasteiger partial charge in [-0.2, -0.15) is 0 Å². The van der Waals surface area contributed by atoms with E-state index < -0.39 is 0 Å². The maximum absolute atomic E-state index is 7.60. The van der Waals surface area contributed by atoms with Crippen molar-refractivity contribution in [3.63, 3.8) is 0 Å². The molecule has 10 heterocycles. The van der Waals surface area contributed by atoms with Gasteiger partial charge < -0.3 is 25.7 Å². The number of hydrogen-bond donors (Lipinski definition) is 5. The number of nitrogens with one attached hydrogen (secondary N) is 4. The molecular weight excluding hydrogens is 1040 g/mol. The molecule has 2 aliphatic heterocycles. The Bertz CT molecular complexity index is 5460. The van der Waals surface area contributed by atoms with Gasteiger partial charge in [-0.05, 0) is 109 Å². The molecule has 18 rings (SSSR count). The number of rotatable bonds is 3. The zero-order chi connectivity index (χ0) is 56.7. The summed E-state index contributed by atoms with van der Waals surface area (Å²) in [5.41, 5.74) is 38.0. The van der Waals surface area contributed by atoms with Crippen LogP contribution in [0.1, 0.15) is 92.0 Å². The molecule has 10 heteroatoms. The van der Waals surface area contributed by atoms with Crippen molar-refractivity contribution < 1.29 is 0 Å². The molecule has 0 saturated carbocycles. The third-order valence-electron chi connectivity index (χ3n) is 19.3. The summed E-state index contributed by atoms with van der Waals surface area (Å²) in [6.45, 7) is 11.2. The lowest BCUT2D eigenvalue weighted by molar-refractivity contribution is 0.887. The first kappa shape index (κ1) is 47.9. The molecule has 404 valence electrons. The fourth-order valence-corrected chi connectivity index (χ4v) is 14.9. The highest BCUT2D eigenvalue weighted by Gasteiger charge is 2.35. The number of aliphatic imine (C=N–C) groups is 1. The molecule has 0 radical (unpaired) electrons. The highest BCUT2D eigenvalue weighted by atomic mass is 14.9. The van der Waals surface area contributed by atoms with Gasteiger partial charge in [0.1, 0.15) is 0 Å². The molecule has 7 aromatic carbocycles. The SMILES string of the molecule is Cc1c2[nH]c3c(cccc13)-c1ccc3c(n1)-c1nc(ccc1C(C)C3=Nc1c(N)c3ccc4nc3c3nc(ccc13)-c1cccc3c(C)c([nH]c13)C(c1ccccc1)c1[nH]c3c-4cccc3c1C)-c1cccc3c(C)c([nH]c13)C2c1ccccc1. The molecule has 0 amide bonds. The molecule has 0 saturated heterocycles. The Balaban J connectivity index is 0.885. The zero-order valence-electron chi connectivity index (χ0n) is 47.4. The maximum atomic E-state index is 7.60. The number of fused-ring (bicyclic) bond motifs is 12. The van der Waals surface area contributed by atoms with Crippen molar-refractivity contribution >= 4 is 82.5 Å². The first-order valence-electron chi connectivity index (χ1n) is 29.4. The molecule has 3 aliphatic rings. The lowest BCUT2D eigenvalue weighted by atomic mass is 9.82. The van der Waals surface area contributed by atoms with Crippen LogP contribution in [-0.4, -0.2) is 45.6 Å². The summed E-state index contributed by atoms with van der Waals surface area (Å²) in [7, 11) is 0. The van der Waals surface area contributed by atoms with Gasteiger partial charge in [0, 0.05) is 88.8 Å². The fraction of sp³-hybridized carbons (Fsp3) is 0.107. The van der Waals surface area contributed by atoms with Crippen LogP contribution in [0, 0.1) is 27.7 Å². The first-order chi connectivity index (χ1) is 41.6. The van der Waals surface area contributed by atoms with E-state index in [-0.39, 0.29) is 17.8 Å². The monoisotopic (exact) mass is 1090 g/mol. The average molecular weight is 1100 g/mol. The van der Waals surface area contributed by atoms with E-state index in [1.54, 1.807) is 0 Å². The fourth-order valence-electron chi connectivity index (χ4n) is 14.9. The van der Waals surface area contributed by atoms with Gasteiger partial charge in [0.2, 0.25) is 0 Å². The minimum absolute atomic E-state index is 0.0931. The standard InChI is InChI=1S/C75H54N10/c1-36-47-28-32-55-48-24-12-20-43-37(2)63(82-67(43)48)59(41-16-8-6-9-17-41)65-39(4)45-22-14-26-50(69(45)84-65)57-34-30-53(74(79-57)72(47)77-55)62(36)81-71-54-31-35-58-51-27-15-23-46-40(5)66(85-70(46)51)60(42-18-10-7-11-19-42)64-38(3)44-21-13-25-49(68(44)83-64)56-33-29-52(61(71)76)73(78-56)75(54)80-58/h6-36,59-60,82-85H,76H2,1-5H3. The van der Waals surface area contributed by atoms with Crippen LogP contribution < -0.4 is 5.73 Å². The predicted molar refractivity (Wildman–Crippen MR) is 346 cm³/mol. The van der Waals surface area contributed by atoms with Crippen LogP contribution in [0.25, 0.3) is 122 Å². The summed E-state index contributed by atoms with van der Waals surface area (Å²) in [5, 5.41) is 6.23. The van der Waals surface area contributed by atoms with E-state index >= 15 is 0 Å². The Kier molecular flexibility index (Phi) is 9.81. The third-order valence-corrected chi connectivity index (χ3v) is 19.3. The van der Waals surface area contributed by atoms with Gasteiger partial charge in [0.15, 0.2) is 0 Å². The van der Waals surface area contributed by atoms with Crippen LogP contribution in [0.3, 0.4) is 0 Å². The van der Waals surface area contributed by atoms with Crippen molar-refractivity contribution in [2.45, 2.75) is 52.4 Å². The Hall–Kier alpha value is -10.7. The molecular formula is C75H54N10. The van der Waals surface area contributed by atoms with Crippen LogP contribution >= 0.6 is 0 Å². The lowest BCUT2D eigenvalue weighted by Gasteiger charge is -2.27. The van der Waals surface area contributed by atoms with E-state index in [0.29, 0.717) is 16.9 Å². The number of anilines is 1. The van der Waals surface area contributed by atoms with Gasteiger partial charge in [-0.25, -0.2) is 24.9 Å². The second kappa shape index (κ2) is 17.4. The second-order valence-electron chi connectivity index (χ2n) is 23.6. The van der Waals surface area contributed by atoms with E-state index in [2.05, 4.69) is 237 Å². The number of benzene rings is 7. The summed E-state index contributed by atoms with van der Waals surface area (Å²) in [6.07, 6.45) is 0. The summed E-state index contributed by atoms with van der Waals surface area (Å²) < 4.78 is 0. The van der Waals surface area contributed by atoms with Crippen LogP contribution in [0.4, 0.5) is 11.4 Å². The summed E-state index contributed by atoms with van der Waals surface area (Å²) >= 11 is 0. The Morgan fingerprint density at radius 1 is 0.365 bits per heavy atom. The third kappa shape index (κ3) is 6.62. The Labute approximate surface area is 488 Å². The van der Waals surface area contributed by atoms with Gasteiger partial charge in [-0.3, -0.25) is 0 Å². The normalized spacial score (nSPS) is 16.2. The lowest BCUT2D eigenvalue weighted by Crippen LogP contribution is -2.20. The molecule has 0 fully saturated rings. The van der Waals surface area contributed by atoms with Crippen LogP contribution in [-0.2, 0) is 0 Å². The minimum Gasteiger partial charge on any atom is -0.396 e. The van der Waals surface area contributed by atoms with Gasteiger partial charge in [-0.15, -0.1) is 0 Å². The molecule has 85 heavy (non-hydrogen) atoms. The number of nitrogens with zero attached hydrogens (tertiary/aromatic N) is 5. The number of nitrogen functional groups attached to an aromatic ring is 1. The molecule has 3 atom stereocenters. The smallest absolute Gasteiger partial charge is 0.0995 e. The van der Waals surface area contributed by atoms with Crippen LogP contribution in [0.15, 0.2) is 187 Å². The van der Waals surface area contributed by atoms with Crippen molar-refractivity contribution in [1.82, 2.24) is 39.9 Å². The van der Waals surface area contributed by atoms with Crippen LogP contribution in [0.2, 0.25) is 0 Å². The van der Waals surface area contributed by atoms with E-state index in [1.807, 2.05) is 0 Å². The van der Waals surface area contributed by atoms with Gasteiger partial charge in [-0.1, -0.05) is 146 Å². The van der Waals surface area contributed by atoms with Crippen molar-refractivity contribution in [3.8, 4) is 56.4 Å². The van der Waals surface area contributed by atoms with Gasteiger partial charge in [0.05, 0.1) is 96.2 Å². The number of H-pyrrole nitrogens is 4. The molecule has 8 aromatic heterocycles. The van der Waals surface area contributed by atoms with Crippen LogP contribution in [0.5, 0.6) is 0 Å². The molecule has 0 spiro atoms. The number of aromatic nitrogens is 8. The minimum atomic E-state index is -0.206. The average Bonchev–Trinajstić information content (AvgIpc) is 3.56. The number of nitrogens with two attached hydrogens (primary N) is 1. The number of hydrogen-bond acceptors (Lipinski definition) is 6. The Morgan fingerprint density at radius 3 is 1.21 bits per heavy atom. The summed E-state index contributed by atoms with van der Waals surface area (Å²) in [4.78, 5) is 44.5.